The quantitative estimate of drug-likeness (QED) is 0.825. The minimum Gasteiger partial charge on any atom is -0.324 e. The Labute approximate surface area is 109 Å². The molecule has 0 aromatic carbocycles. The zero-order chi connectivity index (χ0) is 13.9. The standard InChI is InChI=1S/C12H10N3O3P/c13-6-12-11(2-1-5-14-12)9-3-4-10(15-7-9)8-19(16,17)18/h1-5,7H,8H2,(H2,16,17,18). The smallest absolute Gasteiger partial charge is 0.324 e. The second kappa shape index (κ2) is 5.29. The summed E-state index contributed by atoms with van der Waals surface area (Å²) in [7, 11) is -4.12. The molecule has 2 heterocycles. The van der Waals surface area contributed by atoms with Crippen molar-refractivity contribution < 1.29 is 14.4 Å². The SMILES string of the molecule is N#Cc1ncccc1-c1ccc(CP(=O)(O)O)nc1. The minimum atomic E-state index is -4.12. The summed E-state index contributed by atoms with van der Waals surface area (Å²) in [5, 5.41) is 8.95. The van der Waals surface area contributed by atoms with E-state index in [2.05, 4.69) is 9.97 Å². The van der Waals surface area contributed by atoms with Crippen molar-refractivity contribution in [3.8, 4) is 17.2 Å². The lowest BCUT2D eigenvalue weighted by Crippen LogP contribution is -1.93. The molecule has 96 valence electrons. The molecule has 0 fully saturated rings. The van der Waals surface area contributed by atoms with Crippen molar-refractivity contribution >= 4 is 7.60 Å². The molecule has 0 radical (unpaired) electrons. The molecule has 2 aromatic rings. The van der Waals surface area contributed by atoms with Crippen LogP contribution in [-0.4, -0.2) is 19.8 Å². The van der Waals surface area contributed by atoms with Crippen LogP contribution in [0, 0.1) is 11.3 Å². The highest BCUT2D eigenvalue weighted by Gasteiger charge is 2.15. The molecule has 0 aliphatic carbocycles. The van der Waals surface area contributed by atoms with E-state index >= 15 is 0 Å². The number of aromatic nitrogens is 2. The highest BCUT2D eigenvalue weighted by molar-refractivity contribution is 7.50. The molecule has 2 rings (SSSR count). The zero-order valence-electron chi connectivity index (χ0n) is 9.76. The second-order valence-corrected chi connectivity index (χ2v) is 5.52. The van der Waals surface area contributed by atoms with E-state index < -0.39 is 13.8 Å². The van der Waals surface area contributed by atoms with Gasteiger partial charge in [0.05, 0.1) is 11.9 Å². The van der Waals surface area contributed by atoms with Gasteiger partial charge in [-0.2, -0.15) is 5.26 Å². The van der Waals surface area contributed by atoms with Crippen LogP contribution in [0.1, 0.15) is 11.4 Å². The number of pyridine rings is 2. The van der Waals surface area contributed by atoms with Gasteiger partial charge >= 0.3 is 7.60 Å². The van der Waals surface area contributed by atoms with E-state index in [1.165, 1.54) is 18.5 Å². The third-order valence-electron chi connectivity index (χ3n) is 2.42. The Kier molecular flexibility index (Phi) is 3.72. The molecule has 0 bridgehead atoms. The molecule has 6 nitrogen and oxygen atoms in total. The Morgan fingerprint density at radius 1 is 1.26 bits per heavy atom. The monoisotopic (exact) mass is 275 g/mol. The highest BCUT2D eigenvalue weighted by atomic mass is 31.2. The van der Waals surface area contributed by atoms with E-state index in [-0.39, 0.29) is 5.69 Å². The summed E-state index contributed by atoms with van der Waals surface area (Å²) < 4.78 is 10.9. The highest BCUT2D eigenvalue weighted by Crippen LogP contribution is 2.38. The van der Waals surface area contributed by atoms with Gasteiger partial charge in [-0.1, -0.05) is 6.07 Å². The van der Waals surface area contributed by atoms with E-state index in [9.17, 15) is 4.57 Å². The van der Waals surface area contributed by atoms with Crippen molar-refractivity contribution in [3.05, 3.63) is 48.0 Å². The van der Waals surface area contributed by atoms with Gasteiger partial charge in [0.25, 0.3) is 0 Å². The summed E-state index contributed by atoms with van der Waals surface area (Å²) in [6.07, 6.45) is 2.60. The lowest BCUT2D eigenvalue weighted by Gasteiger charge is -2.05. The average Bonchev–Trinajstić information content (AvgIpc) is 2.38. The lowest BCUT2D eigenvalue weighted by atomic mass is 10.1. The largest absolute Gasteiger partial charge is 0.331 e. The van der Waals surface area contributed by atoms with Gasteiger partial charge in [0.15, 0.2) is 0 Å². The molecule has 2 aromatic heterocycles. The van der Waals surface area contributed by atoms with Crippen LogP contribution in [0.25, 0.3) is 11.1 Å². The molecule has 19 heavy (non-hydrogen) atoms. The van der Waals surface area contributed by atoms with Crippen molar-refractivity contribution in [1.82, 2.24) is 9.97 Å². The van der Waals surface area contributed by atoms with Gasteiger partial charge in [-0.25, -0.2) is 4.98 Å². The van der Waals surface area contributed by atoms with Crippen LogP contribution in [0.3, 0.4) is 0 Å². The number of hydrogen-bond donors (Lipinski definition) is 2. The molecular weight excluding hydrogens is 265 g/mol. The van der Waals surface area contributed by atoms with Crippen molar-refractivity contribution in [1.29, 1.82) is 5.26 Å². The van der Waals surface area contributed by atoms with Crippen molar-refractivity contribution in [2.75, 3.05) is 0 Å². The Morgan fingerprint density at radius 3 is 2.63 bits per heavy atom. The van der Waals surface area contributed by atoms with E-state index in [1.54, 1.807) is 18.2 Å². The first kappa shape index (κ1) is 13.4. The van der Waals surface area contributed by atoms with Crippen LogP contribution in [0.4, 0.5) is 0 Å². The topological polar surface area (TPSA) is 107 Å². The number of hydrogen-bond acceptors (Lipinski definition) is 4. The molecule has 0 aliphatic heterocycles. The van der Waals surface area contributed by atoms with Crippen LogP contribution >= 0.6 is 7.60 Å². The number of nitrogens with zero attached hydrogens (tertiary/aromatic N) is 3. The molecule has 0 aliphatic rings. The molecule has 0 saturated carbocycles. The second-order valence-electron chi connectivity index (χ2n) is 3.87. The maximum atomic E-state index is 10.9. The molecule has 0 spiro atoms. The van der Waals surface area contributed by atoms with Crippen LogP contribution in [0.2, 0.25) is 0 Å². The third-order valence-corrected chi connectivity index (χ3v) is 3.15. The molecule has 0 saturated heterocycles. The first-order chi connectivity index (χ1) is 8.99. The average molecular weight is 275 g/mol. The van der Waals surface area contributed by atoms with E-state index in [4.69, 9.17) is 15.0 Å². The van der Waals surface area contributed by atoms with Gasteiger partial charge in [-0.3, -0.25) is 9.55 Å². The summed E-state index contributed by atoms with van der Waals surface area (Å²) in [5.74, 6) is 0. The van der Waals surface area contributed by atoms with Crippen LogP contribution in [-0.2, 0) is 10.7 Å². The summed E-state index contributed by atoms with van der Waals surface area (Å²) >= 11 is 0. The molecule has 7 heteroatoms. The molecule has 2 N–H and O–H groups in total. The summed E-state index contributed by atoms with van der Waals surface area (Å²) in [6.45, 7) is 0. The molecular formula is C12H10N3O3P. The van der Waals surface area contributed by atoms with E-state index in [0.717, 1.165) is 0 Å². The fraction of sp³-hybridized carbons (Fsp3) is 0.0833. The first-order valence-corrected chi connectivity index (χ1v) is 7.14. The predicted octanol–water partition coefficient (Wildman–Crippen LogP) is 1.69. The van der Waals surface area contributed by atoms with Gasteiger partial charge in [-0.15, -0.1) is 0 Å². The number of nitriles is 1. The van der Waals surface area contributed by atoms with Crippen molar-refractivity contribution in [3.63, 3.8) is 0 Å². The Bertz CT molecular complexity index is 673. The van der Waals surface area contributed by atoms with Crippen molar-refractivity contribution in [2.24, 2.45) is 0 Å². The third kappa shape index (κ3) is 3.46. The minimum absolute atomic E-state index is 0.284. The summed E-state index contributed by atoms with van der Waals surface area (Å²) in [6, 6.07) is 8.63. The van der Waals surface area contributed by atoms with Gasteiger partial charge in [0, 0.05) is 23.5 Å². The van der Waals surface area contributed by atoms with Gasteiger partial charge in [0.1, 0.15) is 11.8 Å². The lowest BCUT2D eigenvalue weighted by molar-refractivity contribution is 0.371. The van der Waals surface area contributed by atoms with Crippen molar-refractivity contribution in [2.45, 2.75) is 6.16 Å². The van der Waals surface area contributed by atoms with Crippen LogP contribution in [0.15, 0.2) is 36.7 Å². The maximum Gasteiger partial charge on any atom is 0.331 e. The molecule has 0 amide bonds. The zero-order valence-corrected chi connectivity index (χ0v) is 10.7. The number of rotatable bonds is 3. The van der Waals surface area contributed by atoms with E-state index in [1.807, 2.05) is 6.07 Å². The first-order valence-electron chi connectivity index (χ1n) is 5.34. The molecule has 0 unspecified atom stereocenters. The summed E-state index contributed by atoms with van der Waals surface area (Å²) in [5.41, 5.74) is 1.91. The van der Waals surface area contributed by atoms with Gasteiger partial charge < -0.3 is 9.79 Å². The van der Waals surface area contributed by atoms with Crippen LogP contribution < -0.4 is 0 Å². The Hall–Kier alpha value is -2.06. The Morgan fingerprint density at radius 2 is 2.05 bits per heavy atom. The van der Waals surface area contributed by atoms with E-state index in [0.29, 0.717) is 16.8 Å². The van der Waals surface area contributed by atoms with Gasteiger partial charge in [0.2, 0.25) is 0 Å². The van der Waals surface area contributed by atoms with Gasteiger partial charge in [-0.05, 0) is 18.2 Å². The fourth-order valence-corrected chi connectivity index (χ4v) is 2.22. The maximum absolute atomic E-state index is 10.9. The molecule has 0 atom stereocenters. The Balaban J connectivity index is 2.33. The predicted molar refractivity (Wildman–Crippen MR) is 67.9 cm³/mol. The normalized spacial score (nSPS) is 11.0. The fourth-order valence-electron chi connectivity index (χ4n) is 1.62. The summed E-state index contributed by atoms with van der Waals surface area (Å²) in [4.78, 5) is 25.6. The van der Waals surface area contributed by atoms with Crippen LogP contribution in [0.5, 0.6) is 0 Å².